The highest BCUT2D eigenvalue weighted by Crippen LogP contribution is 2.24. The third kappa shape index (κ3) is 4.64. The number of nitrogens with zero attached hydrogens (tertiary/aromatic N) is 2. The lowest BCUT2D eigenvalue weighted by Crippen LogP contribution is -2.40. The van der Waals surface area contributed by atoms with Crippen LogP contribution in [-0.2, 0) is 22.7 Å². The van der Waals surface area contributed by atoms with Crippen LogP contribution in [0.5, 0.6) is 5.75 Å². The molecular formula is C24H26N2O4. The molecule has 156 valence electrons. The molecule has 6 heteroatoms. The van der Waals surface area contributed by atoms with Crippen molar-refractivity contribution in [3.05, 3.63) is 66.4 Å². The Morgan fingerprint density at radius 2 is 1.80 bits per heavy atom. The number of carboxylic acids is 1. The van der Waals surface area contributed by atoms with Crippen LogP contribution < -0.4 is 4.74 Å². The van der Waals surface area contributed by atoms with E-state index >= 15 is 0 Å². The predicted octanol–water partition coefficient (Wildman–Crippen LogP) is 3.93. The number of fused-ring (bicyclic) bond motifs is 1. The molecular weight excluding hydrogens is 380 g/mol. The maximum atomic E-state index is 12.5. The molecule has 0 aliphatic carbocycles. The first-order valence-corrected chi connectivity index (χ1v) is 10.4. The van der Waals surface area contributed by atoms with E-state index in [4.69, 9.17) is 9.84 Å². The number of carboxylic acid groups (broad SMARTS) is 1. The Balaban J connectivity index is 1.32. The summed E-state index contributed by atoms with van der Waals surface area (Å²) >= 11 is 0. The van der Waals surface area contributed by atoms with Crippen LogP contribution >= 0.6 is 0 Å². The molecule has 0 saturated carbocycles. The minimum absolute atomic E-state index is 0.0866. The van der Waals surface area contributed by atoms with Crippen molar-refractivity contribution in [2.75, 3.05) is 13.1 Å². The van der Waals surface area contributed by atoms with Gasteiger partial charge in [0.1, 0.15) is 12.4 Å². The lowest BCUT2D eigenvalue weighted by molar-refractivity contribution is -0.145. The van der Waals surface area contributed by atoms with E-state index in [0.29, 0.717) is 45.5 Å². The van der Waals surface area contributed by atoms with E-state index in [-0.39, 0.29) is 11.8 Å². The molecule has 1 aromatic heterocycles. The number of carbonyl (C=O) groups excluding carboxylic acids is 1. The number of hydrogen-bond acceptors (Lipinski definition) is 3. The number of rotatable bonds is 7. The Kier molecular flexibility index (Phi) is 6.02. The quantitative estimate of drug-likeness (QED) is 0.645. The zero-order valence-corrected chi connectivity index (χ0v) is 16.9. The molecule has 4 rings (SSSR count). The van der Waals surface area contributed by atoms with Crippen LogP contribution in [0.3, 0.4) is 0 Å². The Labute approximate surface area is 175 Å². The first-order valence-electron chi connectivity index (χ1n) is 10.4. The third-order valence-electron chi connectivity index (χ3n) is 5.75. The zero-order valence-electron chi connectivity index (χ0n) is 16.9. The molecule has 1 amide bonds. The number of piperidine rings is 1. The van der Waals surface area contributed by atoms with E-state index in [9.17, 15) is 9.59 Å². The van der Waals surface area contributed by atoms with Gasteiger partial charge in [-0.3, -0.25) is 9.59 Å². The average molecular weight is 406 g/mol. The summed E-state index contributed by atoms with van der Waals surface area (Å²) in [6, 6.07) is 18.1. The predicted molar refractivity (Wildman–Crippen MR) is 114 cm³/mol. The highest BCUT2D eigenvalue weighted by molar-refractivity contribution is 5.82. The monoisotopic (exact) mass is 406 g/mol. The van der Waals surface area contributed by atoms with E-state index < -0.39 is 5.97 Å². The van der Waals surface area contributed by atoms with Gasteiger partial charge in [-0.05, 0) is 42.7 Å². The molecule has 1 saturated heterocycles. The summed E-state index contributed by atoms with van der Waals surface area (Å²) in [4.78, 5) is 25.4. The summed E-state index contributed by atoms with van der Waals surface area (Å²) in [7, 11) is 0. The second kappa shape index (κ2) is 9.03. The van der Waals surface area contributed by atoms with Crippen molar-refractivity contribution in [2.45, 2.75) is 32.4 Å². The van der Waals surface area contributed by atoms with Gasteiger partial charge in [0.2, 0.25) is 5.91 Å². The van der Waals surface area contributed by atoms with Gasteiger partial charge in [-0.1, -0.05) is 30.3 Å². The molecule has 1 aliphatic rings. The van der Waals surface area contributed by atoms with E-state index in [1.54, 1.807) is 4.90 Å². The van der Waals surface area contributed by atoms with Crippen LogP contribution in [0.1, 0.15) is 24.8 Å². The molecule has 0 unspecified atom stereocenters. The third-order valence-corrected chi connectivity index (χ3v) is 5.75. The van der Waals surface area contributed by atoms with Crippen molar-refractivity contribution < 1.29 is 19.4 Å². The van der Waals surface area contributed by atoms with Gasteiger partial charge in [0.05, 0.1) is 5.92 Å². The number of likely N-dealkylation sites (tertiary alicyclic amines) is 1. The summed E-state index contributed by atoms with van der Waals surface area (Å²) in [6.07, 6.45) is 3.49. The largest absolute Gasteiger partial charge is 0.489 e. The molecule has 1 fully saturated rings. The normalized spacial score (nSPS) is 14.7. The van der Waals surface area contributed by atoms with Gasteiger partial charge in [0, 0.05) is 43.2 Å². The van der Waals surface area contributed by atoms with E-state index in [0.717, 1.165) is 22.2 Å². The van der Waals surface area contributed by atoms with Crippen LogP contribution in [0, 0.1) is 5.92 Å². The van der Waals surface area contributed by atoms with Crippen LogP contribution in [0.4, 0.5) is 0 Å². The van der Waals surface area contributed by atoms with Crippen molar-refractivity contribution in [3.63, 3.8) is 0 Å². The van der Waals surface area contributed by atoms with Crippen LogP contribution in [0.2, 0.25) is 0 Å². The number of hydrogen-bond donors (Lipinski definition) is 1. The molecule has 1 aliphatic heterocycles. The molecule has 0 atom stereocenters. The fourth-order valence-electron chi connectivity index (χ4n) is 3.95. The standard InChI is InChI=1S/C24H26N2O4/c27-23(26-13-8-19(9-14-26)24(28)29)11-15-25-12-10-20-16-21(6-7-22(20)25)30-17-18-4-2-1-3-5-18/h1-7,10,12,16,19H,8-9,11,13-15,17H2,(H,28,29). The van der Waals surface area contributed by atoms with Crippen LogP contribution in [0.15, 0.2) is 60.8 Å². The van der Waals surface area contributed by atoms with Crippen molar-refractivity contribution in [1.29, 1.82) is 0 Å². The number of ether oxygens (including phenoxy) is 1. The molecule has 0 bridgehead atoms. The Bertz CT molecular complexity index is 1020. The van der Waals surface area contributed by atoms with Gasteiger partial charge < -0.3 is 19.3 Å². The van der Waals surface area contributed by atoms with Gasteiger partial charge in [0.15, 0.2) is 0 Å². The second-order valence-corrected chi connectivity index (χ2v) is 7.75. The smallest absolute Gasteiger partial charge is 0.306 e. The number of aryl methyl sites for hydroxylation is 1. The van der Waals surface area contributed by atoms with E-state index in [1.165, 1.54) is 0 Å². The molecule has 3 aromatic rings. The second-order valence-electron chi connectivity index (χ2n) is 7.75. The fraction of sp³-hybridized carbons (Fsp3) is 0.333. The molecule has 2 aromatic carbocycles. The zero-order chi connectivity index (χ0) is 20.9. The number of aliphatic carboxylic acids is 1. The van der Waals surface area contributed by atoms with Crippen LogP contribution in [0.25, 0.3) is 10.9 Å². The summed E-state index contributed by atoms with van der Waals surface area (Å²) in [5, 5.41) is 10.2. The maximum absolute atomic E-state index is 12.5. The summed E-state index contributed by atoms with van der Waals surface area (Å²) in [5.74, 6) is -0.168. The minimum Gasteiger partial charge on any atom is -0.489 e. The summed E-state index contributed by atoms with van der Waals surface area (Å²) < 4.78 is 7.98. The molecule has 6 nitrogen and oxygen atoms in total. The highest BCUT2D eigenvalue weighted by Gasteiger charge is 2.26. The molecule has 0 spiro atoms. The molecule has 2 heterocycles. The molecule has 0 radical (unpaired) electrons. The number of aromatic nitrogens is 1. The van der Waals surface area contributed by atoms with Crippen molar-refractivity contribution in [2.24, 2.45) is 5.92 Å². The van der Waals surface area contributed by atoms with Gasteiger partial charge in [-0.25, -0.2) is 0 Å². The molecule has 30 heavy (non-hydrogen) atoms. The first-order chi connectivity index (χ1) is 14.6. The summed E-state index contributed by atoms with van der Waals surface area (Å²) in [5.41, 5.74) is 2.19. The fourth-order valence-corrected chi connectivity index (χ4v) is 3.95. The Morgan fingerprint density at radius 3 is 2.53 bits per heavy atom. The van der Waals surface area contributed by atoms with Gasteiger partial charge in [-0.15, -0.1) is 0 Å². The van der Waals surface area contributed by atoms with Crippen molar-refractivity contribution in [1.82, 2.24) is 9.47 Å². The Hall–Kier alpha value is -3.28. The van der Waals surface area contributed by atoms with Gasteiger partial charge in [-0.2, -0.15) is 0 Å². The highest BCUT2D eigenvalue weighted by atomic mass is 16.5. The SMILES string of the molecule is O=C(O)C1CCN(C(=O)CCn2ccc3cc(OCc4ccccc4)ccc32)CC1. The van der Waals surface area contributed by atoms with Crippen molar-refractivity contribution in [3.8, 4) is 5.75 Å². The number of carbonyl (C=O) groups is 2. The lowest BCUT2D eigenvalue weighted by atomic mass is 9.97. The van der Waals surface area contributed by atoms with E-state index in [2.05, 4.69) is 4.57 Å². The summed E-state index contributed by atoms with van der Waals surface area (Å²) in [6.45, 7) is 2.19. The van der Waals surface area contributed by atoms with Crippen molar-refractivity contribution >= 4 is 22.8 Å². The van der Waals surface area contributed by atoms with E-state index in [1.807, 2.05) is 60.8 Å². The Morgan fingerprint density at radius 1 is 1.03 bits per heavy atom. The van der Waals surface area contributed by atoms with Gasteiger partial charge >= 0.3 is 5.97 Å². The maximum Gasteiger partial charge on any atom is 0.306 e. The molecule has 1 N–H and O–H groups in total. The van der Waals surface area contributed by atoms with Gasteiger partial charge in [0.25, 0.3) is 0 Å². The first kappa shape index (κ1) is 20.0. The van der Waals surface area contributed by atoms with Crippen LogP contribution in [-0.4, -0.2) is 39.5 Å². The number of benzene rings is 2. The number of amides is 1. The lowest BCUT2D eigenvalue weighted by Gasteiger charge is -2.30. The minimum atomic E-state index is -0.756. The average Bonchev–Trinajstić information content (AvgIpc) is 3.19. The topological polar surface area (TPSA) is 71.8 Å².